The maximum absolute atomic E-state index is 13.0. The number of hydrogen-bond donors (Lipinski definition) is 1. The van der Waals surface area contributed by atoms with Crippen molar-refractivity contribution in [1.82, 2.24) is 10.2 Å². The zero-order valence-corrected chi connectivity index (χ0v) is 16.4. The fraction of sp³-hybridized carbons (Fsp3) is 0.550. The van der Waals surface area contributed by atoms with Crippen molar-refractivity contribution in [1.29, 1.82) is 0 Å². The molecule has 1 aliphatic heterocycles. The molecular formula is C20H29N3O4. The highest BCUT2D eigenvalue weighted by Gasteiger charge is 2.38. The summed E-state index contributed by atoms with van der Waals surface area (Å²) in [5, 5.41) is 2.80. The summed E-state index contributed by atoms with van der Waals surface area (Å²) in [6.45, 7) is 5.37. The Hall–Kier alpha value is -2.57. The molecule has 0 saturated carbocycles. The first-order valence-electron chi connectivity index (χ1n) is 9.50. The molecule has 1 unspecified atom stereocenters. The summed E-state index contributed by atoms with van der Waals surface area (Å²) >= 11 is 0. The lowest BCUT2D eigenvalue weighted by Crippen LogP contribution is -2.44. The van der Waals surface area contributed by atoms with Gasteiger partial charge in [0.15, 0.2) is 0 Å². The summed E-state index contributed by atoms with van der Waals surface area (Å²) in [4.78, 5) is 40.7. The Morgan fingerprint density at radius 3 is 2.67 bits per heavy atom. The van der Waals surface area contributed by atoms with Crippen molar-refractivity contribution in [3.05, 3.63) is 24.3 Å². The quantitative estimate of drug-likeness (QED) is 0.714. The van der Waals surface area contributed by atoms with Gasteiger partial charge in [0.25, 0.3) is 0 Å². The van der Waals surface area contributed by atoms with Gasteiger partial charge in [0.2, 0.25) is 17.7 Å². The minimum atomic E-state index is -0.451. The number of anilines is 1. The summed E-state index contributed by atoms with van der Waals surface area (Å²) in [6.07, 6.45) is 1.75. The number of nitrogens with zero attached hydrogens (tertiary/aromatic N) is 2. The van der Waals surface area contributed by atoms with Gasteiger partial charge in [-0.2, -0.15) is 0 Å². The van der Waals surface area contributed by atoms with Gasteiger partial charge in [-0.05, 0) is 25.0 Å². The van der Waals surface area contributed by atoms with E-state index in [0.717, 1.165) is 12.8 Å². The molecule has 1 aliphatic rings. The molecular weight excluding hydrogens is 346 g/mol. The van der Waals surface area contributed by atoms with Gasteiger partial charge >= 0.3 is 0 Å². The number of rotatable bonds is 9. The van der Waals surface area contributed by atoms with Crippen molar-refractivity contribution in [3.8, 4) is 5.75 Å². The molecule has 7 heteroatoms. The summed E-state index contributed by atoms with van der Waals surface area (Å²) in [7, 11) is 1.56. The lowest BCUT2D eigenvalue weighted by atomic mass is 10.1. The van der Waals surface area contributed by atoms with E-state index in [0.29, 0.717) is 31.1 Å². The zero-order valence-electron chi connectivity index (χ0n) is 16.4. The van der Waals surface area contributed by atoms with Crippen LogP contribution in [-0.2, 0) is 14.4 Å². The number of hydrogen-bond acceptors (Lipinski definition) is 4. The minimum Gasteiger partial charge on any atom is -0.495 e. The summed E-state index contributed by atoms with van der Waals surface area (Å²) in [6, 6.07) is 7.27. The van der Waals surface area contributed by atoms with Crippen LogP contribution in [0.25, 0.3) is 0 Å². The molecule has 1 fully saturated rings. The second-order valence-electron chi connectivity index (χ2n) is 6.69. The fourth-order valence-corrected chi connectivity index (χ4v) is 3.25. The Kier molecular flexibility index (Phi) is 7.64. The first kappa shape index (κ1) is 20.7. The normalized spacial score (nSPS) is 16.3. The lowest BCUT2D eigenvalue weighted by Gasteiger charge is -2.25. The van der Waals surface area contributed by atoms with E-state index in [1.54, 1.807) is 23.0 Å². The molecule has 1 saturated heterocycles. The average molecular weight is 375 g/mol. The molecule has 0 aromatic heterocycles. The van der Waals surface area contributed by atoms with E-state index in [-0.39, 0.29) is 30.7 Å². The minimum absolute atomic E-state index is 0.0338. The number of benzene rings is 1. The molecule has 2 rings (SSSR count). The van der Waals surface area contributed by atoms with Gasteiger partial charge in [-0.25, -0.2) is 0 Å². The Morgan fingerprint density at radius 2 is 2.00 bits per heavy atom. The van der Waals surface area contributed by atoms with Crippen LogP contribution in [0.3, 0.4) is 0 Å². The monoisotopic (exact) mass is 375 g/mol. The van der Waals surface area contributed by atoms with Crippen LogP contribution in [0.2, 0.25) is 0 Å². The van der Waals surface area contributed by atoms with Gasteiger partial charge < -0.3 is 19.9 Å². The van der Waals surface area contributed by atoms with E-state index >= 15 is 0 Å². The van der Waals surface area contributed by atoms with Gasteiger partial charge in [0, 0.05) is 26.1 Å². The second-order valence-corrected chi connectivity index (χ2v) is 6.69. The first-order chi connectivity index (χ1) is 13.0. The number of carbonyl (C=O) groups excluding carboxylic acids is 3. The standard InChI is InChI=1S/C20H29N3O4/c1-4-10-21-18(24)14-22(11-5-2)20(26)15-12-19(25)23(13-15)16-8-6-7-9-17(16)27-3/h6-9,15H,4-5,10-14H2,1-3H3,(H,21,24). The number of carbonyl (C=O) groups is 3. The Morgan fingerprint density at radius 1 is 1.26 bits per heavy atom. The highest BCUT2D eigenvalue weighted by molar-refractivity contribution is 6.01. The Balaban J connectivity index is 2.09. The topological polar surface area (TPSA) is 79.0 Å². The lowest BCUT2D eigenvalue weighted by molar-refractivity contribution is -0.139. The number of amides is 3. The molecule has 1 N–H and O–H groups in total. The zero-order chi connectivity index (χ0) is 19.8. The summed E-state index contributed by atoms with van der Waals surface area (Å²) < 4.78 is 5.34. The van der Waals surface area contributed by atoms with E-state index in [9.17, 15) is 14.4 Å². The van der Waals surface area contributed by atoms with Crippen LogP contribution in [0.1, 0.15) is 33.1 Å². The van der Waals surface area contributed by atoms with Gasteiger partial charge in [-0.15, -0.1) is 0 Å². The molecule has 0 spiro atoms. The van der Waals surface area contributed by atoms with E-state index in [1.165, 1.54) is 0 Å². The fourth-order valence-electron chi connectivity index (χ4n) is 3.25. The van der Waals surface area contributed by atoms with E-state index in [2.05, 4.69) is 5.32 Å². The molecule has 27 heavy (non-hydrogen) atoms. The molecule has 1 atom stereocenters. The number of ether oxygens (including phenoxy) is 1. The molecule has 1 aromatic rings. The predicted molar refractivity (Wildman–Crippen MR) is 104 cm³/mol. The van der Waals surface area contributed by atoms with Crippen molar-refractivity contribution in [2.45, 2.75) is 33.1 Å². The largest absolute Gasteiger partial charge is 0.495 e. The van der Waals surface area contributed by atoms with Crippen LogP contribution in [0, 0.1) is 5.92 Å². The van der Waals surface area contributed by atoms with E-state index in [4.69, 9.17) is 4.74 Å². The maximum Gasteiger partial charge on any atom is 0.239 e. The molecule has 1 heterocycles. The molecule has 7 nitrogen and oxygen atoms in total. The molecule has 0 aliphatic carbocycles. The van der Waals surface area contributed by atoms with Crippen molar-refractivity contribution in [2.75, 3.05) is 38.2 Å². The first-order valence-corrected chi connectivity index (χ1v) is 9.50. The van der Waals surface area contributed by atoms with Gasteiger partial charge in [0.05, 0.1) is 25.3 Å². The smallest absolute Gasteiger partial charge is 0.239 e. The third-order valence-electron chi connectivity index (χ3n) is 4.56. The molecule has 0 radical (unpaired) electrons. The summed E-state index contributed by atoms with van der Waals surface area (Å²) in [5.74, 6) is -0.264. The highest BCUT2D eigenvalue weighted by Crippen LogP contribution is 2.33. The van der Waals surface area contributed by atoms with Crippen LogP contribution in [-0.4, -0.2) is 55.9 Å². The van der Waals surface area contributed by atoms with Crippen molar-refractivity contribution in [2.24, 2.45) is 5.92 Å². The van der Waals surface area contributed by atoms with E-state index < -0.39 is 5.92 Å². The van der Waals surface area contributed by atoms with Crippen molar-refractivity contribution >= 4 is 23.4 Å². The average Bonchev–Trinajstić information content (AvgIpc) is 3.06. The second kappa shape index (κ2) is 9.94. The van der Waals surface area contributed by atoms with E-state index in [1.807, 2.05) is 32.0 Å². The molecule has 1 aromatic carbocycles. The SMILES string of the molecule is CCCNC(=O)CN(CCC)C(=O)C1CC(=O)N(c2ccccc2OC)C1. The van der Waals surface area contributed by atoms with Gasteiger partial charge in [-0.1, -0.05) is 26.0 Å². The van der Waals surface area contributed by atoms with Gasteiger partial charge in [-0.3, -0.25) is 14.4 Å². The van der Waals surface area contributed by atoms with Crippen LogP contribution in [0.5, 0.6) is 5.75 Å². The molecule has 0 bridgehead atoms. The number of nitrogens with one attached hydrogen (secondary N) is 1. The maximum atomic E-state index is 13.0. The number of para-hydroxylation sites is 2. The summed E-state index contributed by atoms with van der Waals surface area (Å²) in [5.41, 5.74) is 0.669. The van der Waals surface area contributed by atoms with Crippen molar-refractivity contribution < 1.29 is 19.1 Å². The highest BCUT2D eigenvalue weighted by atomic mass is 16.5. The Bertz CT molecular complexity index is 677. The van der Waals surface area contributed by atoms with Crippen LogP contribution in [0.15, 0.2) is 24.3 Å². The number of methoxy groups -OCH3 is 1. The van der Waals surface area contributed by atoms with Crippen LogP contribution >= 0.6 is 0 Å². The van der Waals surface area contributed by atoms with Crippen LogP contribution in [0.4, 0.5) is 5.69 Å². The Labute approximate surface area is 160 Å². The molecule has 148 valence electrons. The third kappa shape index (κ3) is 5.21. The third-order valence-corrected chi connectivity index (χ3v) is 4.56. The molecule has 3 amide bonds. The van der Waals surface area contributed by atoms with Gasteiger partial charge in [0.1, 0.15) is 5.75 Å². The van der Waals surface area contributed by atoms with Crippen LogP contribution < -0.4 is 15.0 Å². The van der Waals surface area contributed by atoms with Crippen molar-refractivity contribution in [3.63, 3.8) is 0 Å². The predicted octanol–water partition coefficient (Wildman–Crippen LogP) is 1.81.